The second-order valence-electron chi connectivity index (χ2n) is 1.88. The van der Waals surface area contributed by atoms with Gasteiger partial charge in [-0.25, -0.2) is 0 Å². The van der Waals surface area contributed by atoms with Crippen LogP contribution in [0.15, 0.2) is 28.8 Å². The van der Waals surface area contributed by atoms with Crippen LogP contribution in [0.5, 0.6) is 0 Å². The Hall–Kier alpha value is -1.05. The predicted molar refractivity (Wildman–Crippen MR) is 36.4 cm³/mol. The van der Waals surface area contributed by atoms with Crippen molar-refractivity contribution in [3.8, 4) is 0 Å². The first kappa shape index (κ1) is 4.80. The number of hydrogen-bond acceptors (Lipinski definition) is 1. The van der Waals surface area contributed by atoms with E-state index in [0.29, 0.717) is 0 Å². The van der Waals surface area contributed by atoms with Crippen LogP contribution in [-0.2, 0) is 0 Å². The second kappa shape index (κ2) is 1.73. The summed E-state index contributed by atoms with van der Waals surface area (Å²) in [5, 5.41) is 1.11. The van der Waals surface area contributed by atoms with Gasteiger partial charge in [-0.1, -0.05) is 0 Å². The van der Waals surface area contributed by atoms with Crippen LogP contribution < -0.4 is 0 Å². The van der Waals surface area contributed by atoms with E-state index in [0.717, 1.165) is 10.9 Å². The Morgan fingerprint density at radius 3 is 3.44 bits per heavy atom. The summed E-state index contributed by atoms with van der Waals surface area (Å²) >= 11 is 0. The summed E-state index contributed by atoms with van der Waals surface area (Å²) in [4.78, 5) is 0. The Morgan fingerprint density at radius 2 is 2.56 bits per heavy atom. The molecule has 2 aromatic rings. The van der Waals surface area contributed by atoms with Gasteiger partial charge in [-0.2, -0.15) is 0 Å². The third-order valence-electron chi connectivity index (χ3n) is 1.30. The molecule has 0 atom stereocenters. The van der Waals surface area contributed by atoms with Crippen molar-refractivity contribution in [3.05, 3.63) is 30.4 Å². The summed E-state index contributed by atoms with van der Waals surface area (Å²) in [5.74, 6) is 0. The first-order valence-corrected chi connectivity index (χ1v) is 2.80. The van der Waals surface area contributed by atoms with E-state index in [2.05, 4.69) is 6.07 Å². The SMILES string of the molecule is b1coc2cc[c]cc12. The summed E-state index contributed by atoms with van der Waals surface area (Å²) < 4.78 is 5.10. The fourth-order valence-corrected chi connectivity index (χ4v) is 0.847. The first-order valence-electron chi connectivity index (χ1n) is 2.80. The molecule has 1 aromatic heterocycles. The molecule has 0 bridgehead atoms. The Kier molecular flexibility index (Phi) is 0.920. The van der Waals surface area contributed by atoms with E-state index in [-0.39, 0.29) is 0 Å². The Labute approximate surface area is 53.5 Å². The predicted octanol–water partition coefficient (Wildman–Crippen LogP) is 1.57. The summed E-state index contributed by atoms with van der Waals surface area (Å²) in [6.45, 7) is 1.92. The van der Waals surface area contributed by atoms with Gasteiger partial charge in [0.1, 0.15) is 0 Å². The minimum absolute atomic E-state index is 0.925. The molecule has 41 valence electrons. The van der Waals surface area contributed by atoms with E-state index in [1.165, 1.54) is 0 Å². The molecule has 0 unspecified atom stereocenters. The summed E-state index contributed by atoms with van der Waals surface area (Å²) in [5.41, 5.74) is 0.925. The van der Waals surface area contributed by atoms with Gasteiger partial charge in [-0.05, 0) is 0 Å². The van der Waals surface area contributed by atoms with Gasteiger partial charge in [0.25, 0.3) is 0 Å². The van der Waals surface area contributed by atoms with Crippen LogP contribution >= 0.6 is 0 Å². The molecule has 9 heavy (non-hydrogen) atoms. The van der Waals surface area contributed by atoms with Gasteiger partial charge in [0.2, 0.25) is 0 Å². The zero-order valence-electron chi connectivity index (χ0n) is 4.79. The third kappa shape index (κ3) is 0.671. The first-order chi connectivity index (χ1) is 4.47. The Bertz CT molecular complexity index is 283. The van der Waals surface area contributed by atoms with Crippen molar-refractivity contribution < 1.29 is 4.42 Å². The second-order valence-corrected chi connectivity index (χ2v) is 1.88. The van der Waals surface area contributed by atoms with Gasteiger partial charge < -0.3 is 0 Å². The van der Waals surface area contributed by atoms with E-state index in [1.807, 2.05) is 25.1 Å². The molecule has 0 saturated heterocycles. The van der Waals surface area contributed by atoms with Crippen LogP contribution in [0.4, 0.5) is 0 Å². The van der Waals surface area contributed by atoms with Crippen LogP contribution in [0.25, 0.3) is 10.9 Å². The van der Waals surface area contributed by atoms with Crippen molar-refractivity contribution in [1.82, 2.24) is 0 Å². The topological polar surface area (TPSA) is 13.1 Å². The zero-order valence-corrected chi connectivity index (χ0v) is 4.79. The molecule has 2 heteroatoms. The summed E-state index contributed by atoms with van der Waals surface area (Å²) in [6, 6.07) is 8.60. The molecule has 0 amide bonds. The van der Waals surface area contributed by atoms with Gasteiger partial charge in [-0.3, -0.25) is 0 Å². The molecule has 0 aliphatic carbocycles. The van der Waals surface area contributed by atoms with Gasteiger partial charge in [0, 0.05) is 0 Å². The molecule has 0 N–H and O–H groups in total. The maximum atomic E-state index is 5.10. The molecule has 1 nitrogen and oxygen atoms in total. The minimum atomic E-state index is 0.925. The quantitative estimate of drug-likeness (QED) is 0.507. The van der Waals surface area contributed by atoms with Crippen LogP contribution in [0.3, 0.4) is 0 Å². The van der Waals surface area contributed by atoms with Crippen molar-refractivity contribution in [2.45, 2.75) is 0 Å². The third-order valence-corrected chi connectivity index (χ3v) is 1.30. The van der Waals surface area contributed by atoms with Crippen molar-refractivity contribution in [3.63, 3.8) is 0 Å². The summed E-state index contributed by atoms with van der Waals surface area (Å²) in [7, 11) is 0. The average Bonchev–Trinajstić information content (AvgIpc) is 2.33. The van der Waals surface area contributed by atoms with Gasteiger partial charge in [0.05, 0.1) is 0 Å². The number of hydrogen-bond donors (Lipinski definition) is 0. The molecule has 2 rings (SSSR count). The monoisotopic (exact) mass is 115 g/mol. The standard InChI is InChI=1S/C7H4BO/c1-2-4-7-6(3-1)8-5-9-7/h2-5H. The molecule has 0 saturated carbocycles. The number of rotatable bonds is 0. The van der Waals surface area contributed by atoms with Crippen molar-refractivity contribution in [2.75, 3.05) is 0 Å². The maximum absolute atomic E-state index is 5.10. The fourth-order valence-electron chi connectivity index (χ4n) is 0.847. The molecule has 1 aromatic carbocycles. The van der Waals surface area contributed by atoms with Gasteiger partial charge in [0.15, 0.2) is 0 Å². The van der Waals surface area contributed by atoms with E-state index < -0.39 is 0 Å². The number of fused-ring (bicyclic) bond motifs is 1. The average molecular weight is 115 g/mol. The van der Waals surface area contributed by atoms with Crippen molar-refractivity contribution in [1.29, 1.82) is 0 Å². The molecular formula is C7H4BO. The number of benzene rings is 1. The van der Waals surface area contributed by atoms with Gasteiger partial charge >= 0.3 is 52.6 Å². The van der Waals surface area contributed by atoms with Crippen molar-refractivity contribution in [2.24, 2.45) is 0 Å². The zero-order chi connectivity index (χ0) is 6.10. The van der Waals surface area contributed by atoms with Crippen LogP contribution in [-0.4, -0.2) is 6.91 Å². The van der Waals surface area contributed by atoms with Crippen LogP contribution in [0.1, 0.15) is 0 Å². The Morgan fingerprint density at radius 1 is 1.56 bits per heavy atom. The Balaban J connectivity index is 2.95. The van der Waals surface area contributed by atoms with E-state index >= 15 is 0 Å². The molecule has 0 aliphatic rings. The van der Waals surface area contributed by atoms with Crippen LogP contribution in [0, 0.1) is 6.07 Å². The molecule has 1 radical (unpaired) electrons. The molecular weight excluding hydrogens is 111 g/mol. The van der Waals surface area contributed by atoms with Crippen LogP contribution in [0.2, 0.25) is 0 Å². The molecule has 0 spiro atoms. The molecule has 1 heterocycles. The van der Waals surface area contributed by atoms with E-state index in [9.17, 15) is 0 Å². The van der Waals surface area contributed by atoms with Gasteiger partial charge in [-0.15, -0.1) is 0 Å². The fraction of sp³-hybridized carbons (Fsp3) is 0. The summed E-state index contributed by atoms with van der Waals surface area (Å²) in [6.07, 6.45) is 1.68. The van der Waals surface area contributed by atoms with Crippen molar-refractivity contribution >= 4 is 17.8 Å². The van der Waals surface area contributed by atoms with E-state index in [1.54, 1.807) is 6.16 Å². The molecule has 0 fully saturated rings. The molecule has 0 aliphatic heterocycles. The van der Waals surface area contributed by atoms with E-state index in [4.69, 9.17) is 4.42 Å². The normalized spacial score (nSPS) is 9.78.